The fraction of sp³-hybridized carbons (Fsp3) is 0.769. The molecule has 0 radical (unpaired) electrons. The normalized spacial score (nSPS) is 24.9. The Morgan fingerprint density at radius 2 is 2.11 bits per heavy atom. The van der Waals surface area contributed by atoms with Gasteiger partial charge in [0.25, 0.3) is 5.91 Å². The Bertz CT molecular complexity index is 386. The molecule has 0 heterocycles. The van der Waals surface area contributed by atoms with E-state index in [1.54, 1.807) is 6.92 Å². The number of carbonyl (C=O) groups excluding carboxylic acids is 2. The van der Waals surface area contributed by atoms with Crippen LogP contribution in [0.3, 0.4) is 0 Å². The Hall–Kier alpha value is -1.57. The summed E-state index contributed by atoms with van der Waals surface area (Å²) < 4.78 is 4.91. The average Bonchev–Trinajstić information content (AvgIpc) is 3.03. The van der Waals surface area contributed by atoms with E-state index in [9.17, 15) is 9.59 Å². The monoisotopic (exact) mass is 252 g/mol. The van der Waals surface area contributed by atoms with Gasteiger partial charge in [0.2, 0.25) is 0 Å². The largest absolute Gasteiger partial charge is 0.455 e. The molecule has 0 aromatic carbocycles. The molecule has 100 valence electrons. The minimum Gasteiger partial charge on any atom is -0.455 e. The highest BCUT2D eigenvalue weighted by molar-refractivity contribution is 5.83. The maximum atomic E-state index is 11.6. The van der Waals surface area contributed by atoms with Gasteiger partial charge < -0.3 is 10.1 Å². The molecular weight excluding hydrogens is 232 g/mol. The molecule has 0 aliphatic heterocycles. The second kappa shape index (κ2) is 5.38. The van der Waals surface area contributed by atoms with Crippen LogP contribution in [0.5, 0.6) is 0 Å². The van der Waals surface area contributed by atoms with Gasteiger partial charge in [-0.05, 0) is 25.2 Å². The third-order valence-corrected chi connectivity index (χ3v) is 3.54. The quantitative estimate of drug-likeness (QED) is 0.747. The van der Waals surface area contributed by atoms with E-state index in [4.69, 9.17) is 10.00 Å². The number of nitriles is 1. The van der Waals surface area contributed by atoms with Gasteiger partial charge in [0.1, 0.15) is 5.54 Å². The molecule has 1 saturated carbocycles. The number of nitrogens with zero attached hydrogens (tertiary/aromatic N) is 1. The summed E-state index contributed by atoms with van der Waals surface area (Å²) in [6.07, 6.45) is 0.836. The van der Waals surface area contributed by atoms with Crippen molar-refractivity contribution in [3.05, 3.63) is 0 Å². The van der Waals surface area contributed by atoms with Crippen molar-refractivity contribution in [2.24, 2.45) is 17.8 Å². The summed E-state index contributed by atoms with van der Waals surface area (Å²) in [5.41, 5.74) is -0.934. The molecule has 5 heteroatoms. The average molecular weight is 252 g/mol. The molecule has 1 amide bonds. The third kappa shape index (κ3) is 3.46. The Kier molecular flexibility index (Phi) is 4.33. The van der Waals surface area contributed by atoms with Crippen LogP contribution in [0.15, 0.2) is 0 Å². The summed E-state index contributed by atoms with van der Waals surface area (Å²) in [4.78, 5) is 23.0. The van der Waals surface area contributed by atoms with Gasteiger partial charge in [0.05, 0.1) is 12.0 Å². The third-order valence-electron chi connectivity index (χ3n) is 3.54. The first-order valence-electron chi connectivity index (χ1n) is 6.19. The molecule has 1 aliphatic carbocycles. The van der Waals surface area contributed by atoms with Crippen molar-refractivity contribution < 1.29 is 14.3 Å². The molecule has 0 bridgehead atoms. The van der Waals surface area contributed by atoms with E-state index in [1.807, 2.05) is 20.8 Å². The predicted molar refractivity (Wildman–Crippen MR) is 65.2 cm³/mol. The topological polar surface area (TPSA) is 79.2 Å². The lowest BCUT2D eigenvalue weighted by Gasteiger charge is -2.27. The highest BCUT2D eigenvalue weighted by Crippen LogP contribution is 2.38. The lowest BCUT2D eigenvalue weighted by molar-refractivity contribution is -0.150. The molecule has 0 unspecified atom stereocenters. The zero-order chi connectivity index (χ0) is 13.9. The number of ether oxygens (including phenoxy) is 1. The minimum absolute atomic E-state index is 0.0226. The lowest BCUT2D eigenvalue weighted by atomic mass is 9.90. The molecule has 0 spiro atoms. The summed E-state index contributed by atoms with van der Waals surface area (Å²) >= 11 is 0. The maximum absolute atomic E-state index is 11.6. The molecule has 1 aliphatic rings. The maximum Gasteiger partial charge on any atom is 0.309 e. The van der Waals surface area contributed by atoms with Gasteiger partial charge >= 0.3 is 5.97 Å². The summed E-state index contributed by atoms with van der Waals surface area (Å²) in [5, 5.41) is 11.6. The first-order valence-corrected chi connectivity index (χ1v) is 6.19. The highest BCUT2D eigenvalue weighted by atomic mass is 16.5. The number of hydrogen-bond donors (Lipinski definition) is 1. The fourth-order valence-electron chi connectivity index (χ4n) is 1.52. The number of carbonyl (C=O) groups is 2. The van der Waals surface area contributed by atoms with Crippen molar-refractivity contribution in [2.75, 3.05) is 6.61 Å². The molecule has 5 nitrogen and oxygen atoms in total. The number of hydrogen-bond acceptors (Lipinski definition) is 4. The molecule has 1 rings (SSSR count). The summed E-state index contributed by atoms with van der Waals surface area (Å²) in [6, 6.07) is 2.07. The van der Waals surface area contributed by atoms with Crippen LogP contribution < -0.4 is 5.32 Å². The highest BCUT2D eigenvalue weighted by Gasteiger charge is 2.40. The summed E-state index contributed by atoms with van der Waals surface area (Å²) in [5.74, 6) is -0.466. The van der Waals surface area contributed by atoms with Crippen molar-refractivity contribution in [3.8, 4) is 6.07 Å². The first kappa shape index (κ1) is 14.5. The molecule has 3 atom stereocenters. The smallest absolute Gasteiger partial charge is 0.309 e. The number of nitrogens with one attached hydrogen (secondary N) is 1. The first-order chi connectivity index (χ1) is 8.30. The Balaban J connectivity index is 2.38. The van der Waals surface area contributed by atoms with E-state index in [-0.39, 0.29) is 24.4 Å². The number of esters is 1. The molecule has 0 aromatic rings. The Morgan fingerprint density at radius 1 is 1.56 bits per heavy atom. The van der Waals surface area contributed by atoms with Crippen LogP contribution in [-0.2, 0) is 14.3 Å². The van der Waals surface area contributed by atoms with Crippen LogP contribution in [0.2, 0.25) is 0 Å². The predicted octanol–water partition coefficient (Wildman–Crippen LogP) is 1.24. The van der Waals surface area contributed by atoms with Crippen molar-refractivity contribution in [3.63, 3.8) is 0 Å². The van der Waals surface area contributed by atoms with Gasteiger partial charge in [-0.3, -0.25) is 9.59 Å². The second-order valence-electron chi connectivity index (χ2n) is 5.44. The zero-order valence-corrected chi connectivity index (χ0v) is 11.3. The van der Waals surface area contributed by atoms with Crippen LogP contribution in [0.25, 0.3) is 0 Å². The van der Waals surface area contributed by atoms with Gasteiger partial charge in [-0.2, -0.15) is 5.26 Å². The second-order valence-corrected chi connectivity index (χ2v) is 5.44. The Labute approximate surface area is 107 Å². The molecular formula is C13H20N2O3. The number of amides is 1. The van der Waals surface area contributed by atoms with Gasteiger partial charge in [-0.15, -0.1) is 0 Å². The van der Waals surface area contributed by atoms with Crippen molar-refractivity contribution >= 4 is 11.9 Å². The van der Waals surface area contributed by atoms with Gasteiger partial charge in [-0.1, -0.05) is 20.8 Å². The van der Waals surface area contributed by atoms with Gasteiger partial charge in [-0.25, -0.2) is 0 Å². The lowest BCUT2D eigenvalue weighted by Crippen LogP contribution is -2.50. The van der Waals surface area contributed by atoms with E-state index in [0.29, 0.717) is 5.92 Å². The van der Waals surface area contributed by atoms with Gasteiger partial charge in [0.15, 0.2) is 6.61 Å². The van der Waals surface area contributed by atoms with E-state index in [0.717, 1.165) is 6.42 Å². The fourth-order valence-corrected chi connectivity index (χ4v) is 1.52. The van der Waals surface area contributed by atoms with Crippen LogP contribution in [0.1, 0.15) is 34.1 Å². The summed E-state index contributed by atoms with van der Waals surface area (Å²) in [7, 11) is 0. The molecule has 0 saturated heterocycles. The SMILES string of the molecule is CC(C)[C@@](C)(C#N)NC(=O)COC(=O)[C@H]1C[C@H]1C. The van der Waals surface area contributed by atoms with Crippen molar-refractivity contribution in [1.82, 2.24) is 5.32 Å². The molecule has 18 heavy (non-hydrogen) atoms. The number of rotatable bonds is 5. The van der Waals surface area contributed by atoms with E-state index < -0.39 is 11.4 Å². The minimum atomic E-state index is -0.934. The van der Waals surface area contributed by atoms with Gasteiger partial charge in [0, 0.05) is 0 Å². The van der Waals surface area contributed by atoms with Crippen molar-refractivity contribution in [2.45, 2.75) is 39.7 Å². The van der Waals surface area contributed by atoms with Crippen LogP contribution >= 0.6 is 0 Å². The summed E-state index contributed by atoms with van der Waals surface area (Å²) in [6.45, 7) is 7.01. The Morgan fingerprint density at radius 3 is 2.50 bits per heavy atom. The van der Waals surface area contributed by atoms with Crippen LogP contribution in [0.4, 0.5) is 0 Å². The molecule has 1 fully saturated rings. The van der Waals surface area contributed by atoms with E-state index in [1.165, 1.54) is 0 Å². The molecule has 0 aromatic heterocycles. The van der Waals surface area contributed by atoms with Crippen LogP contribution in [0, 0.1) is 29.1 Å². The standard InChI is InChI=1S/C13H20N2O3/c1-8(2)13(4,7-14)15-11(16)6-18-12(17)10-5-9(10)3/h8-10H,5-6H2,1-4H3,(H,15,16)/t9-,10+,13-/m1/s1. The van der Waals surface area contributed by atoms with E-state index >= 15 is 0 Å². The molecule has 1 N–H and O–H groups in total. The van der Waals surface area contributed by atoms with Crippen LogP contribution in [-0.4, -0.2) is 24.0 Å². The van der Waals surface area contributed by atoms with Crippen molar-refractivity contribution in [1.29, 1.82) is 5.26 Å². The zero-order valence-electron chi connectivity index (χ0n) is 11.3. The van der Waals surface area contributed by atoms with E-state index in [2.05, 4.69) is 11.4 Å².